The molecular weight excluding hydrogens is 1010 g/mol. The second-order valence-electron chi connectivity index (χ2n) is 17.4. The summed E-state index contributed by atoms with van der Waals surface area (Å²) in [6.07, 6.45) is 7.76. The Balaban J connectivity index is 0.000000182. The first-order valence-electron chi connectivity index (χ1n) is 23.6. The van der Waals surface area contributed by atoms with E-state index in [1.54, 1.807) is 121 Å². The van der Waals surface area contributed by atoms with Crippen LogP contribution >= 0.6 is 46.4 Å². The van der Waals surface area contributed by atoms with Gasteiger partial charge in [0.1, 0.15) is 0 Å². The van der Waals surface area contributed by atoms with Crippen LogP contribution in [0, 0.1) is 0 Å². The smallest absolute Gasteiger partial charge is 0.339 e. The fourth-order valence-corrected chi connectivity index (χ4v) is 9.62. The number of ketones is 2. The number of esters is 2. The Kier molecular flexibility index (Phi) is 15.8. The van der Waals surface area contributed by atoms with E-state index >= 15 is 0 Å². The zero-order valence-electron chi connectivity index (χ0n) is 39.5. The highest BCUT2D eigenvalue weighted by Gasteiger charge is 2.54. The van der Waals surface area contributed by atoms with E-state index in [1.165, 1.54) is 0 Å². The predicted octanol–water partition coefficient (Wildman–Crippen LogP) is 16.4. The molecule has 0 saturated carbocycles. The van der Waals surface area contributed by atoms with Gasteiger partial charge in [0.25, 0.3) is 0 Å². The minimum atomic E-state index is -1.65. The normalized spacial score (nSPS) is 17.4. The van der Waals surface area contributed by atoms with Crippen LogP contribution in [-0.2, 0) is 30.3 Å². The van der Waals surface area contributed by atoms with E-state index in [2.05, 4.69) is 0 Å². The number of rotatable bonds is 12. The van der Waals surface area contributed by atoms with Gasteiger partial charge in [-0.25, -0.2) is 9.59 Å². The van der Waals surface area contributed by atoms with Crippen molar-refractivity contribution in [2.45, 2.75) is 24.0 Å². The molecule has 8 aromatic carbocycles. The van der Waals surface area contributed by atoms with Crippen LogP contribution in [0.2, 0.25) is 20.1 Å². The molecule has 0 heterocycles. The lowest BCUT2D eigenvalue weighted by Gasteiger charge is -2.30. The van der Waals surface area contributed by atoms with E-state index in [0.29, 0.717) is 53.5 Å². The molecule has 2 aliphatic carbocycles. The van der Waals surface area contributed by atoms with Crippen molar-refractivity contribution in [2.75, 3.05) is 0 Å². The summed E-state index contributed by atoms with van der Waals surface area (Å²) in [6.45, 7) is 0. The van der Waals surface area contributed by atoms with Crippen molar-refractivity contribution in [3.05, 3.63) is 306 Å². The number of carbonyl (C=O) groups is 4. The van der Waals surface area contributed by atoms with Crippen molar-refractivity contribution in [3.63, 3.8) is 0 Å². The van der Waals surface area contributed by atoms with Gasteiger partial charge in [0.2, 0.25) is 11.2 Å². The maximum Gasteiger partial charge on any atom is 0.339 e. The average Bonchev–Trinajstić information content (AvgIpc) is 3.87. The third-order valence-electron chi connectivity index (χ3n) is 12.8. The van der Waals surface area contributed by atoms with Gasteiger partial charge in [-0.15, -0.1) is 0 Å². The molecule has 0 spiro atoms. The van der Waals surface area contributed by atoms with E-state index in [4.69, 9.17) is 55.9 Å². The summed E-state index contributed by atoms with van der Waals surface area (Å²) in [7, 11) is 0. The van der Waals surface area contributed by atoms with Crippen LogP contribution < -0.4 is 0 Å². The molecule has 0 aromatic heterocycles. The number of hydrogen-bond acceptors (Lipinski definition) is 6. The number of halogens is 4. The van der Waals surface area contributed by atoms with Crippen LogP contribution in [0.4, 0.5) is 0 Å². The van der Waals surface area contributed by atoms with Crippen LogP contribution in [0.5, 0.6) is 0 Å². The maximum atomic E-state index is 14.0. The summed E-state index contributed by atoms with van der Waals surface area (Å²) >= 11 is 24.7. The van der Waals surface area contributed by atoms with Crippen LogP contribution in [-0.4, -0.2) is 23.5 Å². The van der Waals surface area contributed by atoms with Crippen LogP contribution in [0.3, 0.4) is 0 Å². The summed E-state index contributed by atoms with van der Waals surface area (Å²) < 4.78 is 12.5. The number of allylic oxidation sites excluding steroid dienone is 2. The van der Waals surface area contributed by atoms with Crippen LogP contribution in [0.15, 0.2) is 242 Å². The molecule has 10 heteroatoms. The lowest BCUT2D eigenvalue weighted by molar-refractivity contribution is -0.133. The molecule has 0 amide bonds. The topological polar surface area (TPSA) is 86.7 Å². The molecule has 0 aliphatic heterocycles. The van der Waals surface area contributed by atoms with Crippen LogP contribution in [0.25, 0.3) is 23.3 Å². The average molecular weight is 1050 g/mol. The van der Waals surface area contributed by atoms with Gasteiger partial charge in [-0.1, -0.05) is 216 Å². The number of benzene rings is 8. The first kappa shape index (κ1) is 51.1. The van der Waals surface area contributed by atoms with Gasteiger partial charge in [-0.05, 0) is 106 Å². The Labute approximate surface area is 449 Å². The summed E-state index contributed by atoms with van der Waals surface area (Å²) in [6, 6.07) is 65.2. The molecule has 0 unspecified atom stereocenters. The zero-order chi connectivity index (χ0) is 51.7. The molecule has 6 nitrogen and oxygen atoms in total. The highest BCUT2D eigenvalue weighted by atomic mass is 35.5. The molecule has 2 atom stereocenters. The minimum Gasteiger partial charge on any atom is -0.437 e. The van der Waals surface area contributed by atoms with Gasteiger partial charge in [-0.3, -0.25) is 9.59 Å². The lowest BCUT2D eigenvalue weighted by Crippen LogP contribution is -2.39. The Bertz CT molecular complexity index is 3210. The molecule has 0 fully saturated rings. The Morgan fingerprint density at radius 1 is 0.365 bits per heavy atom. The predicted molar refractivity (Wildman–Crippen MR) is 297 cm³/mol. The molecule has 0 saturated heterocycles. The highest BCUT2D eigenvalue weighted by molar-refractivity contribution is 6.31. The molecule has 74 heavy (non-hydrogen) atoms. The Morgan fingerprint density at radius 3 is 0.959 bits per heavy atom. The molecule has 0 radical (unpaired) electrons. The first-order valence-corrected chi connectivity index (χ1v) is 25.1. The van der Waals surface area contributed by atoms with Crippen molar-refractivity contribution in [1.29, 1.82) is 0 Å². The standard InChI is InChI=1S/2C32H22Cl2O3/c2*33-26-16-12-23(13-17-26)28-21-30(35)32(25-14-18-27(34)19-15-25,37-31(36)24-9-5-2-6-10-24)29(28)20-11-22-7-3-1-4-8-22/h2*1-20H,21H2/b2*20-11+/t2*32-/m10/s1. The van der Waals surface area contributed by atoms with E-state index in [1.807, 2.05) is 121 Å². The fraction of sp³-hybridized carbons (Fsp3) is 0.0625. The van der Waals surface area contributed by atoms with Crippen molar-refractivity contribution < 1.29 is 28.7 Å². The van der Waals surface area contributed by atoms with Gasteiger partial charge in [-0.2, -0.15) is 0 Å². The van der Waals surface area contributed by atoms with Crippen LogP contribution in [0.1, 0.15) is 66.9 Å². The summed E-state index contributed by atoms with van der Waals surface area (Å²) in [5, 5.41) is 2.22. The summed E-state index contributed by atoms with van der Waals surface area (Å²) in [4.78, 5) is 54.9. The van der Waals surface area contributed by atoms with Gasteiger partial charge < -0.3 is 9.47 Å². The van der Waals surface area contributed by atoms with Gasteiger partial charge in [0.15, 0.2) is 11.6 Å². The number of Topliss-reactive ketones (excluding diaryl/α,β-unsaturated/α-hetero) is 2. The monoisotopic (exact) mass is 1050 g/mol. The second kappa shape index (κ2) is 22.9. The van der Waals surface area contributed by atoms with Crippen molar-refractivity contribution in [3.8, 4) is 0 Å². The Hall–Kier alpha value is -7.84. The second-order valence-corrected chi connectivity index (χ2v) is 19.1. The zero-order valence-corrected chi connectivity index (χ0v) is 42.5. The van der Waals surface area contributed by atoms with Crippen molar-refractivity contribution in [1.82, 2.24) is 0 Å². The quantitative estimate of drug-likeness (QED) is 0.113. The third-order valence-corrected chi connectivity index (χ3v) is 13.8. The fourth-order valence-electron chi connectivity index (χ4n) is 9.11. The summed E-state index contributed by atoms with van der Waals surface area (Å²) in [5.41, 5.74) is 4.74. The first-order chi connectivity index (χ1) is 35.9. The third kappa shape index (κ3) is 11.1. The maximum absolute atomic E-state index is 14.0. The van der Waals surface area contributed by atoms with E-state index < -0.39 is 23.1 Å². The minimum absolute atomic E-state index is 0.0841. The molecule has 364 valence electrons. The highest BCUT2D eigenvalue weighted by Crippen LogP contribution is 2.51. The number of hydrogen-bond donors (Lipinski definition) is 0. The van der Waals surface area contributed by atoms with Gasteiger partial charge >= 0.3 is 11.9 Å². The molecular formula is C64H44Cl4O6. The Morgan fingerprint density at radius 2 is 0.649 bits per heavy atom. The van der Waals surface area contributed by atoms with Crippen molar-refractivity contribution >= 4 is 93.2 Å². The van der Waals surface area contributed by atoms with E-state index in [-0.39, 0.29) is 24.4 Å². The molecule has 0 bridgehead atoms. The molecule has 8 aromatic rings. The number of carbonyl (C=O) groups excluding carboxylic acids is 4. The molecule has 2 aliphatic rings. The van der Waals surface area contributed by atoms with E-state index in [9.17, 15) is 19.2 Å². The molecule has 0 N–H and O–H groups in total. The SMILES string of the molecule is O=C(O[C@@]1(c2ccc(Cl)cc2)C(=O)CC(c2ccc(Cl)cc2)=C1/C=C/c1ccccc1)c1ccccc1.O=C(O[C@]1(c2ccc(Cl)cc2)C(=O)CC(c2ccc(Cl)cc2)=C1/C=C/c1ccccc1)c1ccccc1. The molecule has 10 rings (SSSR count). The largest absolute Gasteiger partial charge is 0.437 e. The summed E-state index contributed by atoms with van der Waals surface area (Å²) in [5.74, 6) is -1.66. The number of ether oxygens (including phenoxy) is 2. The van der Waals surface area contributed by atoms with Gasteiger partial charge in [0, 0.05) is 55.2 Å². The lowest BCUT2D eigenvalue weighted by atomic mass is 9.84. The van der Waals surface area contributed by atoms with E-state index in [0.717, 1.165) is 33.4 Å². The van der Waals surface area contributed by atoms with Crippen molar-refractivity contribution in [2.24, 2.45) is 0 Å². The van der Waals surface area contributed by atoms with Gasteiger partial charge in [0.05, 0.1) is 11.1 Å².